The van der Waals surface area contributed by atoms with Crippen LogP contribution in [0.5, 0.6) is 5.88 Å². The number of anilines is 1. The minimum atomic E-state index is -1.30. The van der Waals surface area contributed by atoms with E-state index in [1.165, 1.54) is 18.0 Å². The molecule has 10 heteroatoms. The number of nitrogen functional groups attached to an aromatic ring is 1. The highest BCUT2D eigenvalue weighted by Gasteiger charge is 2.54. The van der Waals surface area contributed by atoms with Crippen LogP contribution in [0.2, 0.25) is 0 Å². The van der Waals surface area contributed by atoms with Gasteiger partial charge in [0.25, 0.3) is 0 Å². The molecule has 0 saturated carbocycles. The molecule has 0 bridgehead atoms. The Bertz CT molecular complexity index is 787. The Balaban J connectivity index is 2.17. The first kappa shape index (κ1) is 15.4. The second kappa shape index (κ2) is 5.31. The third-order valence-corrected chi connectivity index (χ3v) is 4.06. The van der Waals surface area contributed by atoms with Gasteiger partial charge in [-0.15, -0.1) is 0 Å². The van der Waals surface area contributed by atoms with Gasteiger partial charge in [0.1, 0.15) is 17.6 Å². The molecule has 1 fully saturated rings. The molecule has 0 radical (unpaired) electrons. The second-order valence-corrected chi connectivity index (χ2v) is 5.46. The van der Waals surface area contributed by atoms with Crippen molar-refractivity contribution in [2.45, 2.75) is 25.4 Å². The molecule has 3 heterocycles. The fourth-order valence-electron chi connectivity index (χ4n) is 2.75. The van der Waals surface area contributed by atoms with Gasteiger partial charge in [0.15, 0.2) is 17.4 Å². The number of nitrogens with two attached hydrogens (primary N) is 1. The number of rotatable bonds is 3. The number of aromatic nitrogens is 4. The van der Waals surface area contributed by atoms with Crippen LogP contribution in [-0.4, -0.2) is 55.7 Å². The molecule has 23 heavy (non-hydrogen) atoms. The number of aliphatic hydroxyl groups excluding tert-OH is 2. The minimum absolute atomic E-state index is 0.0213. The van der Waals surface area contributed by atoms with Crippen LogP contribution in [0.3, 0.4) is 0 Å². The van der Waals surface area contributed by atoms with E-state index < -0.39 is 30.5 Å². The predicted molar refractivity (Wildman–Crippen MR) is 77.0 cm³/mol. The molecule has 2 aromatic heterocycles. The van der Waals surface area contributed by atoms with Crippen molar-refractivity contribution < 1.29 is 19.7 Å². The van der Waals surface area contributed by atoms with Gasteiger partial charge >= 0.3 is 0 Å². The van der Waals surface area contributed by atoms with Crippen LogP contribution < -0.4 is 10.5 Å². The topological polar surface area (TPSA) is 152 Å². The van der Waals surface area contributed by atoms with E-state index in [1.807, 2.05) is 0 Å². The Morgan fingerprint density at radius 2 is 2.30 bits per heavy atom. The molecule has 0 unspecified atom stereocenters. The SMILES string of the molecule is COc1nc(N)nc2c1ncn2[C@@H]1O[C@H](CO)[C@@H](O)[C@@]1(C)C#N. The van der Waals surface area contributed by atoms with Crippen molar-refractivity contribution in [2.75, 3.05) is 19.5 Å². The monoisotopic (exact) mass is 320 g/mol. The van der Waals surface area contributed by atoms with E-state index in [0.29, 0.717) is 11.2 Å². The van der Waals surface area contributed by atoms with Gasteiger partial charge in [-0.1, -0.05) is 0 Å². The minimum Gasteiger partial charge on any atom is -0.479 e. The Labute approximate surface area is 131 Å². The van der Waals surface area contributed by atoms with Gasteiger partial charge in [-0.3, -0.25) is 4.57 Å². The Morgan fingerprint density at radius 1 is 1.57 bits per heavy atom. The average Bonchev–Trinajstić information content (AvgIpc) is 3.07. The van der Waals surface area contributed by atoms with Crippen LogP contribution in [0.15, 0.2) is 6.33 Å². The molecule has 10 nitrogen and oxygen atoms in total. The lowest BCUT2D eigenvalue weighted by Crippen LogP contribution is -2.37. The van der Waals surface area contributed by atoms with Gasteiger partial charge in [0.2, 0.25) is 11.8 Å². The van der Waals surface area contributed by atoms with Crippen molar-refractivity contribution in [2.24, 2.45) is 5.41 Å². The maximum Gasteiger partial charge on any atom is 0.246 e. The highest BCUT2D eigenvalue weighted by Crippen LogP contribution is 2.45. The zero-order valence-electron chi connectivity index (χ0n) is 12.5. The number of hydrogen-bond acceptors (Lipinski definition) is 9. The third-order valence-electron chi connectivity index (χ3n) is 4.06. The maximum atomic E-state index is 10.3. The molecule has 0 amide bonds. The Kier molecular flexibility index (Phi) is 3.56. The number of imidazole rings is 1. The van der Waals surface area contributed by atoms with E-state index in [1.54, 1.807) is 6.92 Å². The molecular weight excluding hydrogens is 304 g/mol. The van der Waals surface area contributed by atoms with Gasteiger partial charge in [0.05, 0.1) is 26.1 Å². The maximum absolute atomic E-state index is 10.3. The smallest absolute Gasteiger partial charge is 0.246 e. The van der Waals surface area contributed by atoms with Crippen LogP contribution in [0.4, 0.5) is 5.95 Å². The summed E-state index contributed by atoms with van der Waals surface area (Å²) in [6, 6.07) is 2.06. The van der Waals surface area contributed by atoms with Crippen LogP contribution in [0, 0.1) is 16.7 Å². The van der Waals surface area contributed by atoms with E-state index in [9.17, 15) is 15.5 Å². The molecule has 2 aromatic rings. The molecule has 0 spiro atoms. The molecular formula is C13H16N6O4. The quantitative estimate of drug-likeness (QED) is 0.659. The van der Waals surface area contributed by atoms with E-state index in [0.717, 1.165) is 0 Å². The standard InChI is InChI=1S/C13H16N6O4/c1-13(4-14)8(21)6(3-20)23-11(13)19-5-16-7-9(19)17-12(15)18-10(7)22-2/h5-6,8,11,20-21H,3H2,1-2H3,(H2,15,17,18)/t6-,8-,11-,13-/m1/s1. The number of fused-ring (bicyclic) bond motifs is 1. The highest BCUT2D eigenvalue weighted by molar-refractivity contribution is 5.77. The molecule has 4 atom stereocenters. The number of nitriles is 1. The summed E-state index contributed by atoms with van der Waals surface area (Å²) in [5, 5.41) is 29.1. The molecule has 4 N–H and O–H groups in total. The fraction of sp³-hybridized carbons (Fsp3) is 0.538. The molecule has 122 valence electrons. The first-order chi connectivity index (χ1) is 11.0. The number of aliphatic hydroxyl groups is 2. The van der Waals surface area contributed by atoms with Crippen molar-refractivity contribution in [1.82, 2.24) is 19.5 Å². The van der Waals surface area contributed by atoms with Crippen LogP contribution in [0.1, 0.15) is 13.2 Å². The van der Waals surface area contributed by atoms with E-state index in [-0.39, 0.29) is 11.8 Å². The molecule has 1 aliphatic heterocycles. The summed E-state index contributed by atoms with van der Waals surface area (Å²) >= 11 is 0. The van der Waals surface area contributed by atoms with Gasteiger partial charge < -0.3 is 25.4 Å². The Morgan fingerprint density at radius 3 is 2.91 bits per heavy atom. The number of nitrogens with zero attached hydrogens (tertiary/aromatic N) is 5. The lowest BCUT2D eigenvalue weighted by molar-refractivity contribution is -0.0469. The normalized spacial score (nSPS) is 30.5. The van der Waals surface area contributed by atoms with E-state index >= 15 is 0 Å². The van der Waals surface area contributed by atoms with E-state index in [4.69, 9.17) is 15.2 Å². The number of hydrogen-bond donors (Lipinski definition) is 3. The Hall–Kier alpha value is -2.48. The summed E-state index contributed by atoms with van der Waals surface area (Å²) in [4.78, 5) is 12.2. The average molecular weight is 320 g/mol. The summed E-state index contributed by atoms with van der Waals surface area (Å²) in [5.74, 6) is 0.175. The molecule has 1 saturated heterocycles. The summed E-state index contributed by atoms with van der Waals surface area (Å²) in [5.41, 5.74) is 5.04. The largest absolute Gasteiger partial charge is 0.479 e. The van der Waals surface area contributed by atoms with Gasteiger partial charge in [-0.05, 0) is 6.92 Å². The lowest BCUT2D eigenvalue weighted by atomic mass is 9.84. The molecule has 0 aliphatic carbocycles. The highest BCUT2D eigenvalue weighted by atomic mass is 16.5. The molecule has 1 aliphatic rings. The van der Waals surface area contributed by atoms with Crippen LogP contribution in [-0.2, 0) is 4.74 Å². The van der Waals surface area contributed by atoms with Crippen molar-refractivity contribution in [3.63, 3.8) is 0 Å². The van der Waals surface area contributed by atoms with E-state index in [2.05, 4.69) is 21.0 Å². The third kappa shape index (κ3) is 2.09. The zero-order valence-corrected chi connectivity index (χ0v) is 12.5. The first-order valence-corrected chi connectivity index (χ1v) is 6.86. The van der Waals surface area contributed by atoms with Crippen molar-refractivity contribution in [3.8, 4) is 11.9 Å². The summed E-state index contributed by atoms with van der Waals surface area (Å²) in [6.45, 7) is 1.13. The van der Waals surface area contributed by atoms with Gasteiger partial charge in [-0.25, -0.2) is 4.98 Å². The van der Waals surface area contributed by atoms with Crippen LogP contribution >= 0.6 is 0 Å². The molecule has 3 rings (SSSR count). The predicted octanol–water partition coefficient (Wildman–Crippen LogP) is -0.802. The van der Waals surface area contributed by atoms with Crippen molar-refractivity contribution in [1.29, 1.82) is 5.26 Å². The first-order valence-electron chi connectivity index (χ1n) is 6.86. The summed E-state index contributed by atoms with van der Waals surface area (Å²) in [6.07, 6.45) is -1.54. The number of methoxy groups -OCH3 is 1. The van der Waals surface area contributed by atoms with Gasteiger partial charge in [0, 0.05) is 0 Å². The number of ether oxygens (including phenoxy) is 2. The summed E-state index contributed by atoms with van der Waals surface area (Å²) in [7, 11) is 1.43. The molecule has 0 aromatic carbocycles. The summed E-state index contributed by atoms with van der Waals surface area (Å²) < 4.78 is 12.3. The lowest BCUT2D eigenvalue weighted by Gasteiger charge is -2.25. The van der Waals surface area contributed by atoms with Crippen molar-refractivity contribution in [3.05, 3.63) is 6.33 Å². The van der Waals surface area contributed by atoms with Gasteiger partial charge in [-0.2, -0.15) is 15.2 Å². The van der Waals surface area contributed by atoms with Crippen molar-refractivity contribution >= 4 is 17.1 Å². The second-order valence-electron chi connectivity index (χ2n) is 5.46. The van der Waals surface area contributed by atoms with Crippen LogP contribution in [0.25, 0.3) is 11.2 Å². The fourth-order valence-corrected chi connectivity index (χ4v) is 2.75. The zero-order chi connectivity index (χ0) is 16.8.